The molecule has 4 rings (SSSR count). The third-order valence-electron chi connectivity index (χ3n) is 4.89. The van der Waals surface area contributed by atoms with Crippen LogP contribution < -0.4 is 14.8 Å². The van der Waals surface area contributed by atoms with Crippen LogP contribution in [0.1, 0.15) is 18.1 Å². The average Bonchev–Trinajstić information content (AvgIpc) is 2.78. The van der Waals surface area contributed by atoms with Gasteiger partial charge in [0.25, 0.3) is 0 Å². The van der Waals surface area contributed by atoms with Crippen molar-refractivity contribution in [2.45, 2.75) is 20.1 Å². The molecule has 0 aromatic heterocycles. The number of anilines is 1. The minimum Gasteiger partial charge on any atom is -0.490 e. The molecule has 4 heteroatoms. The standard InChI is InChI=1S/C26H24INO2/c1-2-29-25-16-19(17-28-22-12-4-3-5-13-22)15-24(27)26(25)30-18-21-11-8-10-20-9-6-7-14-23(20)21/h3-16,28H,2,17-18H2,1H3. The lowest BCUT2D eigenvalue weighted by Crippen LogP contribution is -2.05. The molecule has 152 valence electrons. The molecule has 0 atom stereocenters. The van der Waals surface area contributed by atoms with Crippen LogP contribution in [0.4, 0.5) is 5.69 Å². The number of rotatable bonds is 8. The number of ether oxygens (including phenoxy) is 2. The van der Waals surface area contributed by atoms with Crippen LogP contribution in [0.2, 0.25) is 0 Å². The Labute approximate surface area is 191 Å². The lowest BCUT2D eigenvalue weighted by molar-refractivity contribution is 0.268. The van der Waals surface area contributed by atoms with Gasteiger partial charge in [-0.3, -0.25) is 0 Å². The van der Waals surface area contributed by atoms with E-state index in [2.05, 4.69) is 94.6 Å². The van der Waals surface area contributed by atoms with Crippen LogP contribution in [-0.4, -0.2) is 6.61 Å². The molecular weight excluding hydrogens is 485 g/mol. The molecule has 0 unspecified atom stereocenters. The maximum Gasteiger partial charge on any atom is 0.174 e. The summed E-state index contributed by atoms with van der Waals surface area (Å²) in [6, 6.07) is 29.1. The fourth-order valence-corrected chi connectivity index (χ4v) is 4.28. The maximum absolute atomic E-state index is 6.28. The Bertz CT molecular complexity index is 1120. The molecule has 4 aromatic carbocycles. The van der Waals surface area contributed by atoms with Crippen LogP contribution in [0, 0.1) is 3.57 Å². The summed E-state index contributed by atoms with van der Waals surface area (Å²) in [5.41, 5.74) is 3.42. The van der Waals surface area contributed by atoms with Crippen molar-refractivity contribution in [3.63, 3.8) is 0 Å². The first-order chi connectivity index (χ1) is 14.7. The van der Waals surface area contributed by atoms with Crippen molar-refractivity contribution >= 4 is 39.1 Å². The minimum atomic E-state index is 0.499. The van der Waals surface area contributed by atoms with Gasteiger partial charge in [0.05, 0.1) is 10.2 Å². The highest BCUT2D eigenvalue weighted by Gasteiger charge is 2.13. The predicted octanol–water partition coefficient (Wildman–Crippen LogP) is 7.03. The summed E-state index contributed by atoms with van der Waals surface area (Å²) >= 11 is 2.33. The van der Waals surface area contributed by atoms with E-state index in [9.17, 15) is 0 Å². The van der Waals surface area contributed by atoms with Crippen molar-refractivity contribution in [2.24, 2.45) is 0 Å². The van der Waals surface area contributed by atoms with E-state index in [4.69, 9.17) is 9.47 Å². The van der Waals surface area contributed by atoms with Crippen molar-refractivity contribution in [1.29, 1.82) is 0 Å². The predicted molar refractivity (Wildman–Crippen MR) is 132 cm³/mol. The molecule has 1 N–H and O–H groups in total. The van der Waals surface area contributed by atoms with Gasteiger partial charge in [-0.1, -0.05) is 60.7 Å². The van der Waals surface area contributed by atoms with E-state index in [1.54, 1.807) is 0 Å². The van der Waals surface area contributed by atoms with E-state index in [0.717, 1.165) is 32.9 Å². The second-order valence-corrected chi connectivity index (χ2v) is 8.15. The van der Waals surface area contributed by atoms with Gasteiger partial charge in [-0.25, -0.2) is 0 Å². The van der Waals surface area contributed by atoms with Crippen LogP contribution in [0.3, 0.4) is 0 Å². The molecule has 0 fully saturated rings. The Kier molecular flexibility index (Phi) is 6.74. The lowest BCUT2D eigenvalue weighted by atomic mass is 10.1. The van der Waals surface area contributed by atoms with Gasteiger partial charge in [0, 0.05) is 12.2 Å². The normalized spacial score (nSPS) is 10.7. The molecule has 0 amide bonds. The zero-order valence-corrected chi connectivity index (χ0v) is 19.1. The molecule has 0 saturated carbocycles. The molecule has 0 heterocycles. The molecule has 30 heavy (non-hydrogen) atoms. The summed E-state index contributed by atoms with van der Waals surface area (Å²) in [6.07, 6.45) is 0. The van der Waals surface area contributed by atoms with Crippen molar-refractivity contribution < 1.29 is 9.47 Å². The highest BCUT2D eigenvalue weighted by Crippen LogP contribution is 2.35. The Balaban J connectivity index is 1.54. The topological polar surface area (TPSA) is 30.5 Å². The number of hydrogen-bond acceptors (Lipinski definition) is 3. The first kappa shape index (κ1) is 20.5. The van der Waals surface area contributed by atoms with E-state index < -0.39 is 0 Å². The molecule has 0 radical (unpaired) electrons. The number of para-hydroxylation sites is 1. The van der Waals surface area contributed by atoms with Crippen molar-refractivity contribution in [1.82, 2.24) is 0 Å². The van der Waals surface area contributed by atoms with Crippen LogP contribution in [0.5, 0.6) is 11.5 Å². The molecule has 0 saturated heterocycles. The first-order valence-electron chi connectivity index (χ1n) is 10.1. The molecule has 0 aliphatic rings. The number of benzene rings is 4. The van der Waals surface area contributed by atoms with Crippen molar-refractivity contribution in [2.75, 3.05) is 11.9 Å². The number of halogens is 1. The van der Waals surface area contributed by atoms with E-state index >= 15 is 0 Å². The molecular formula is C26H24INO2. The Morgan fingerprint density at radius 1 is 0.833 bits per heavy atom. The summed E-state index contributed by atoms with van der Waals surface area (Å²) in [6.45, 7) is 3.81. The third-order valence-corrected chi connectivity index (χ3v) is 5.69. The Hall–Kier alpha value is -2.73. The van der Waals surface area contributed by atoms with E-state index in [1.165, 1.54) is 16.3 Å². The highest BCUT2D eigenvalue weighted by molar-refractivity contribution is 14.1. The van der Waals surface area contributed by atoms with Gasteiger partial charge in [-0.05, 0) is 75.7 Å². The third kappa shape index (κ3) is 4.87. The fourth-order valence-electron chi connectivity index (χ4n) is 3.45. The molecule has 3 nitrogen and oxygen atoms in total. The monoisotopic (exact) mass is 509 g/mol. The SMILES string of the molecule is CCOc1cc(CNc2ccccc2)cc(I)c1OCc1cccc2ccccc12. The summed E-state index contributed by atoms with van der Waals surface area (Å²) in [7, 11) is 0. The van der Waals surface area contributed by atoms with E-state index in [0.29, 0.717) is 13.2 Å². The van der Waals surface area contributed by atoms with Gasteiger partial charge >= 0.3 is 0 Å². The van der Waals surface area contributed by atoms with Crippen molar-refractivity contribution in [3.8, 4) is 11.5 Å². The van der Waals surface area contributed by atoms with Gasteiger partial charge in [0.2, 0.25) is 0 Å². The first-order valence-corrected chi connectivity index (χ1v) is 11.2. The quantitative estimate of drug-likeness (QED) is 0.259. The molecule has 0 aliphatic heterocycles. The largest absolute Gasteiger partial charge is 0.490 e. The summed E-state index contributed by atoms with van der Waals surface area (Å²) in [4.78, 5) is 0. The van der Waals surface area contributed by atoms with Gasteiger partial charge in [0.15, 0.2) is 11.5 Å². The van der Waals surface area contributed by atoms with E-state index in [-0.39, 0.29) is 0 Å². The van der Waals surface area contributed by atoms with Crippen LogP contribution in [0.15, 0.2) is 84.9 Å². The Morgan fingerprint density at radius 3 is 2.43 bits per heavy atom. The second kappa shape index (κ2) is 9.85. The zero-order chi connectivity index (χ0) is 20.8. The van der Waals surface area contributed by atoms with Gasteiger partial charge in [-0.15, -0.1) is 0 Å². The smallest absolute Gasteiger partial charge is 0.174 e. The number of fused-ring (bicyclic) bond motifs is 1. The molecule has 0 spiro atoms. The second-order valence-electron chi connectivity index (χ2n) is 6.98. The van der Waals surface area contributed by atoms with Crippen LogP contribution >= 0.6 is 22.6 Å². The number of hydrogen-bond donors (Lipinski definition) is 1. The van der Waals surface area contributed by atoms with E-state index in [1.807, 2.05) is 25.1 Å². The molecule has 4 aromatic rings. The maximum atomic E-state index is 6.28. The van der Waals surface area contributed by atoms with Crippen LogP contribution in [-0.2, 0) is 13.2 Å². The average molecular weight is 509 g/mol. The van der Waals surface area contributed by atoms with Gasteiger partial charge in [0.1, 0.15) is 6.61 Å². The van der Waals surface area contributed by atoms with Gasteiger partial charge < -0.3 is 14.8 Å². The number of nitrogens with one attached hydrogen (secondary N) is 1. The van der Waals surface area contributed by atoms with Crippen LogP contribution in [0.25, 0.3) is 10.8 Å². The molecule has 0 bridgehead atoms. The Morgan fingerprint density at radius 2 is 1.60 bits per heavy atom. The van der Waals surface area contributed by atoms with Gasteiger partial charge in [-0.2, -0.15) is 0 Å². The van der Waals surface area contributed by atoms with Crippen molar-refractivity contribution in [3.05, 3.63) is 99.6 Å². The zero-order valence-electron chi connectivity index (χ0n) is 16.9. The molecule has 0 aliphatic carbocycles. The fraction of sp³-hybridized carbons (Fsp3) is 0.154. The summed E-state index contributed by atoms with van der Waals surface area (Å²) < 4.78 is 13.3. The summed E-state index contributed by atoms with van der Waals surface area (Å²) in [5, 5.41) is 5.90. The minimum absolute atomic E-state index is 0.499. The highest BCUT2D eigenvalue weighted by atomic mass is 127. The summed E-state index contributed by atoms with van der Waals surface area (Å²) in [5.74, 6) is 1.59. The lowest BCUT2D eigenvalue weighted by Gasteiger charge is -2.17.